The Bertz CT molecular complexity index is 891. The Kier molecular flexibility index (Phi) is 6.30. The molecular formula is C20H20BrN3O4. The molecule has 2 aromatic carbocycles. The van der Waals surface area contributed by atoms with Crippen LogP contribution < -0.4 is 9.64 Å². The van der Waals surface area contributed by atoms with Crippen LogP contribution in [0.2, 0.25) is 0 Å². The van der Waals surface area contributed by atoms with Crippen molar-refractivity contribution in [2.75, 3.05) is 38.2 Å². The molecule has 0 saturated carbocycles. The van der Waals surface area contributed by atoms with Crippen LogP contribution in [-0.4, -0.2) is 49.0 Å². The van der Waals surface area contributed by atoms with Crippen molar-refractivity contribution in [1.82, 2.24) is 4.90 Å². The van der Waals surface area contributed by atoms with E-state index in [1.165, 1.54) is 12.1 Å². The van der Waals surface area contributed by atoms with E-state index in [0.29, 0.717) is 31.9 Å². The Morgan fingerprint density at radius 2 is 1.82 bits per heavy atom. The van der Waals surface area contributed by atoms with E-state index in [9.17, 15) is 14.9 Å². The number of ether oxygens (including phenoxy) is 1. The second-order valence-corrected chi connectivity index (χ2v) is 7.22. The lowest BCUT2D eigenvalue weighted by Gasteiger charge is -2.35. The summed E-state index contributed by atoms with van der Waals surface area (Å²) in [6.07, 6.45) is 3.32. The molecule has 1 aliphatic rings. The monoisotopic (exact) mass is 445 g/mol. The number of non-ortho nitro benzene ring substituents is 1. The molecule has 0 aliphatic carbocycles. The maximum Gasteiger partial charge on any atom is 0.269 e. The molecule has 0 atom stereocenters. The van der Waals surface area contributed by atoms with Gasteiger partial charge >= 0.3 is 0 Å². The fourth-order valence-corrected chi connectivity index (χ4v) is 3.45. The first kappa shape index (κ1) is 19.9. The maximum atomic E-state index is 12.5. The van der Waals surface area contributed by atoms with Gasteiger partial charge in [-0.15, -0.1) is 0 Å². The lowest BCUT2D eigenvalue weighted by molar-refractivity contribution is -0.384. The molecule has 1 aliphatic heterocycles. The third-order valence-electron chi connectivity index (χ3n) is 4.61. The van der Waals surface area contributed by atoms with Crippen LogP contribution in [0.15, 0.2) is 53.0 Å². The second-order valence-electron chi connectivity index (χ2n) is 6.31. The Hall–Kier alpha value is -2.87. The molecule has 0 bridgehead atoms. The molecule has 2 aromatic rings. The van der Waals surface area contributed by atoms with Gasteiger partial charge in [0.25, 0.3) is 5.69 Å². The Balaban J connectivity index is 1.59. The number of nitro benzene ring substituents is 1. The van der Waals surface area contributed by atoms with Gasteiger partial charge in [0.15, 0.2) is 0 Å². The number of hydrogen-bond donors (Lipinski definition) is 0. The largest absolute Gasteiger partial charge is 0.496 e. The summed E-state index contributed by atoms with van der Waals surface area (Å²) < 4.78 is 6.23. The molecule has 1 fully saturated rings. The molecule has 7 nitrogen and oxygen atoms in total. The van der Waals surface area contributed by atoms with Gasteiger partial charge < -0.3 is 14.5 Å². The first-order valence-corrected chi connectivity index (χ1v) is 9.57. The maximum absolute atomic E-state index is 12.5. The highest BCUT2D eigenvalue weighted by molar-refractivity contribution is 9.10. The van der Waals surface area contributed by atoms with Gasteiger partial charge in [0.05, 0.1) is 12.0 Å². The summed E-state index contributed by atoms with van der Waals surface area (Å²) in [6, 6.07) is 12.1. The number of anilines is 1. The molecule has 3 rings (SSSR count). The normalized spacial score (nSPS) is 14.4. The van der Waals surface area contributed by atoms with Crippen molar-refractivity contribution in [1.29, 1.82) is 0 Å². The number of benzene rings is 2. The molecule has 0 spiro atoms. The summed E-state index contributed by atoms with van der Waals surface area (Å²) >= 11 is 3.42. The highest BCUT2D eigenvalue weighted by atomic mass is 79.9. The molecule has 0 radical (unpaired) electrons. The third-order valence-corrected chi connectivity index (χ3v) is 5.11. The van der Waals surface area contributed by atoms with Gasteiger partial charge in [-0.25, -0.2) is 0 Å². The van der Waals surface area contributed by atoms with E-state index in [0.717, 1.165) is 15.7 Å². The van der Waals surface area contributed by atoms with E-state index in [2.05, 4.69) is 20.8 Å². The minimum atomic E-state index is -0.410. The van der Waals surface area contributed by atoms with Crippen molar-refractivity contribution in [3.8, 4) is 5.75 Å². The lowest BCUT2D eigenvalue weighted by Crippen LogP contribution is -2.48. The van der Waals surface area contributed by atoms with E-state index < -0.39 is 4.92 Å². The molecule has 0 N–H and O–H groups in total. The zero-order valence-electron chi connectivity index (χ0n) is 15.4. The third kappa shape index (κ3) is 4.69. The van der Waals surface area contributed by atoms with Gasteiger partial charge in [0.2, 0.25) is 5.91 Å². The predicted octanol–water partition coefficient (Wildman–Crippen LogP) is 3.73. The number of hydrogen-bond acceptors (Lipinski definition) is 5. The molecule has 8 heteroatoms. The van der Waals surface area contributed by atoms with Crippen molar-refractivity contribution in [2.24, 2.45) is 0 Å². The number of piperazine rings is 1. The molecule has 146 valence electrons. The van der Waals surface area contributed by atoms with E-state index in [1.54, 1.807) is 36.3 Å². The predicted molar refractivity (Wildman–Crippen MR) is 112 cm³/mol. The minimum absolute atomic E-state index is 0.0506. The first-order chi connectivity index (χ1) is 13.5. The number of nitro groups is 1. The van der Waals surface area contributed by atoms with E-state index in [4.69, 9.17) is 4.74 Å². The van der Waals surface area contributed by atoms with Crippen molar-refractivity contribution in [3.63, 3.8) is 0 Å². The van der Waals surface area contributed by atoms with Crippen LogP contribution in [0.3, 0.4) is 0 Å². The van der Waals surface area contributed by atoms with Crippen LogP contribution in [0.4, 0.5) is 11.4 Å². The molecule has 0 unspecified atom stereocenters. The van der Waals surface area contributed by atoms with Crippen molar-refractivity contribution in [3.05, 3.63) is 68.7 Å². The van der Waals surface area contributed by atoms with Crippen LogP contribution >= 0.6 is 15.9 Å². The highest BCUT2D eigenvalue weighted by Crippen LogP contribution is 2.24. The molecule has 1 saturated heterocycles. The van der Waals surface area contributed by atoms with Crippen LogP contribution in [0, 0.1) is 10.1 Å². The number of methoxy groups -OCH3 is 1. The SMILES string of the molecule is COc1ccc(Br)cc1/C=C/C(=O)N1CCN(c2ccc([N+](=O)[O-])cc2)CC1. The van der Waals surface area contributed by atoms with Crippen LogP contribution in [-0.2, 0) is 4.79 Å². The lowest BCUT2D eigenvalue weighted by atomic mass is 10.2. The van der Waals surface area contributed by atoms with Crippen LogP contribution in [0.1, 0.15) is 5.56 Å². The smallest absolute Gasteiger partial charge is 0.269 e. The second kappa shape index (κ2) is 8.88. The molecule has 1 heterocycles. The Labute approximate surface area is 171 Å². The number of halogens is 1. The number of carbonyl (C=O) groups excluding carboxylic acids is 1. The van der Waals surface area contributed by atoms with E-state index in [-0.39, 0.29) is 11.6 Å². The van der Waals surface area contributed by atoms with Gasteiger partial charge in [-0.1, -0.05) is 15.9 Å². The molecule has 0 aromatic heterocycles. The summed E-state index contributed by atoms with van der Waals surface area (Å²) in [5, 5.41) is 10.8. The molecule has 28 heavy (non-hydrogen) atoms. The van der Waals surface area contributed by atoms with Crippen molar-refractivity contribution in [2.45, 2.75) is 0 Å². The summed E-state index contributed by atoms with van der Waals surface area (Å²) in [4.78, 5) is 26.8. The summed E-state index contributed by atoms with van der Waals surface area (Å²) in [5.41, 5.74) is 1.83. The van der Waals surface area contributed by atoms with Crippen molar-refractivity contribution < 1.29 is 14.5 Å². The number of nitrogens with zero attached hydrogens (tertiary/aromatic N) is 3. The van der Waals surface area contributed by atoms with Gasteiger partial charge in [0.1, 0.15) is 5.75 Å². The standard InChI is InChI=1S/C20H20BrN3O4/c1-28-19-8-3-16(21)14-15(19)2-9-20(25)23-12-10-22(11-13-23)17-4-6-18(7-5-17)24(26)27/h2-9,14H,10-13H2,1H3/b9-2+. The summed E-state index contributed by atoms with van der Waals surface area (Å²) in [7, 11) is 1.60. The molecule has 1 amide bonds. The van der Waals surface area contributed by atoms with Crippen LogP contribution in [0.5, 0.6) is 5.75 Å². The number of carbonyl (C=O) groups is 1. The summed E-state index contributed by atoms with van der Waals surface area (Å²) in [6.45, 7) is 2.54. The number of rotatable bonds is 5. The minimum Gasteiger partial charge on any atom is -0.496 e. The van der Waals surface area contributed by atoms with E-state index >= 15 is 0 Å². The first-order valence-electron chi connectivity index (χ1n) is 8.78. The quantitative estimate of drug-likeness (QED) is 0.398. The highest BCUT2D eigenvalue weighted by Gasteiger charge is 2.20. The fraction of sp³-hybridized carbons (Fsp3) is 0.250. The van der Waals surface area contributed by atoms with Gasteiger partial charge in [-0.3, -0.25) is 14.9 Å². The Morgan fingerprint density at radius 3 is 2.43 bits per heavy atom. The fourth-order valence-electron chi connectivity index (χ4n) is 3.07. The van der Waals surface area contributed by atoms with Gasteiger partial charge in [0, 0.05) is 60.1 Å². The van der Waals surface area contributed by atoms with Crippen LogP contribution in [0.25, 0.3) is 6.08 Å². The van der Waals surface area contributed by atoms with Crippen molar-refractivity contribution >= 4 is 39.3 Å². The topological polar surface area (TPSA) is 75.9 Å². The Morgan fingerprint density at radius 1 is 1.14 bits per heavy atom. The zero-order valence-corrected chi connectivity index (χ0v) is 17.0. The summed E-state index contributed by atoms with van der Waals surface area (Å²) in [5.74, 6) is 0.653. The van der Waals surface area contributed by atoms with Gasteiger partial charge in [-0.05, 0) is 36.4 Å². The number of amides is 1. The van der Waals surface area contributed by atoms with E-state index in [1.807, 2.05) is 18.2 Å². The average Bonchev–Trinajstić information content (AvgIpc) is 2.72. The zero-order chi connectivity index (χ0) is 20.1. The molecular weight excluding hydrogens is 426 g/mol. The van der Waals surface area contributed by atoms with Gasteiger partial charge in [-0.2, -0.15) is 0 Å². The average molecular weight is 446 g/mol.